The van der Waals surface area contributed by atoms with Crippen molar-refractivity contribution < 1.29 is 9.53 Å². The smallest absolute Gasteiger partial charge is 0.237 e. The zero-order valence-corrected chi connectivity index (χ0v) is 10.9. The molecule has 1 fully saturated rings. The Kier molecular flexibility index (Phi) is 3.30. The summed E-state index contributed by atoms with van der Waals surface area (Å²) in [6, 6.07) is 5.99. The Morgan fingerprint density at radius 2 is 2.11 bits per heavy atom. The molecule has 1 aliphatic rings. The molecule has 2 unspecified atom stereocenters. The topological polar surface area (TPSA) is 78.3 Å². The minimum Gasteiger partial charge on any atom is -0.490 e. The predicted molar refractivity (Wildman–Crippen MR) is 70.3 cm³/mol. The molecule has 0 saturated heterocycles. The van der Waals surface area contributed by atoms with Crippen LogP contribution in [-0.4, -0.2) is 17.6 Å². The van der Waals surface area contributed by atoms with E-state index in [1.165, 1.54) is 11.1 Å². The molecule has 1 aromatic carbocycles. The average Bonchev–Trinajstić information content (AvgIpc) is 2.67. The van der Waals surface area contributed by atoms with Crippen LogP contribution >= 0.6 is 0 Å². The van der Waals surface area contributed by atoms with Gasteiger partial charge in [-0.15, -0.1) is 0 Å². The summed E-state index contributed by atoms with van der Waals surface area (Å²) in [5.74, 6) is 0.394. The van der Waals surface area contributed by atoms with Gasteiger partial charge in [0.25, 0.3) is 0 Å². The Hall–Kier alpha value is -1.55. The molecule has 1 amide bonds. The Morgan fingerprint density at radius 1 is 1.39 bits per heavy atom. The summed E-state index contributed by atoms with van der Waals surface area (Å²) in [4.78, 5) is 11.3. The quantitative estimate of drug-likeness (QED) is 0.849. The van der Waals surface area contributed by atoms with Crippen LogP contribution < -0.4 is 16.2 Å². The zero-order chi connectivity index (χ0) is 13.3. The lowest BCUT2D eigenvalue weighted by Gasteiger charge is -2.20. The standard InChI is InChI=1S/C14H20N2O2/c1-9-3-4-11(7-10(9)2)18-12-5-6-14(16,8-12)13(15)17/h3-4,7,12H,5-6,8,16H2,1-2H3,(H2,15,17). The molecule has 18 heavy (non-hydrogen) atoms. The number of ether oxygens (including phenoxy) is 1. The summed E-state index contributed by atoms with van der Waals surface area (Å²) in [6.07, 6.45) is 1.84. The van der Waals surface area contributed by atoms with E-state index in [0.29, 0.717) is 12.8 Å². The van der Waals surface area contributed by atoms with Gasteiger partial charge in [0.1, 0.15) is 11.9 Å². The predicted octanol–water partition coefficient (Wildman–Crippen LogP) is 1.42. The van der Waals surface area contributed by atoms with Crippen LogP contribution in [0.3, 0.4) is 0 Å². The third kappa shape index (κ3) is 2.48. The van der Waals surface area contributed by atoms with E-state index in [2.05, 4.69) is 6.92 Å². The highest BCUT2D eigenvalue weighted by atomic mass is 16.5. The number of carbonyl (C=O) groups is 1. The molecule has 0 radical (unpaired) electrons. The highest BCUT2D eigenvalue weighted by molar-refractivity contribution is 5.84. The Balaban J connectivity index is 2.03. The number of amides is 1. The van der Waals surface area contributed by atoms with Gasteiger partial charge in [0.15, 0.2) is 0 Å². The summed E-state index contributed by atoms with van der Waals surface area (Å²) in [5.41, 5.74) is 12.8. The Labute approximate surface area is 107 Å². The van der Waals surface area contributed by atoms with E-state index in [1.54, 1.807) is 0 Å². The van der Waals surface area contributed by atoms with Crippen molar-refractivity contribution in [3.63, 3.8) is 0 Å². The van der Waals surface area contributed by atoms with E-state index < -0.39 is 11.4 Å². The zero-order valence-electron chi connectivity index (χ0n) is 10.9. The Morgan fingerprint density at radius 3 is 2.67 bits per heavy atom. The van der Waals surface area contributed by atoms with Gasteiger partial charge in [-0.3, -0.25) is 4.79 Å². The van der Waals surface area contributed by atoms with Gasteiger partial charge in [-0.1, -0.05) is 6.07 Å². The summed E-state index contributed by atoms with van der Waals surface area (Å²) in [5, 5.41) is 0. The lowest BCUT2D eigenvalue weighted by Crippen LogP contribution is -2.50. The van der Waals surface area contributed by atoms with Crippen LogP contribution in [0.15, 0.2) is 18.2 Å². The lowest BCUT2D eigenvalue weighted by atomic mass is 9.99. The first-order valence-electron chi connectivity index (χ1n) is 6.23. The largest absolute Gasteiger partial charge is 0.490 e. The van der Waals surface area contributed by atoms with E-state index in [-0.39, 0.29) is 6.10 Å². The first kappa shape index (κ1) is 12.9. The summed E-state index contributed by atoms with van der Waals surface area (Å²) < 4.78 is 5.87. The van der Waals surface area contributed by atoms with E-state index >= 15 is 0 Å². The second-order valence-electron chi connectivity index (χ2n) is 5.25. The number of hydrogen-bond acceptors (Lipinski definition) is 3. The number of primary amides is 1. The highest BCUT2D eigenvalue weighted by Gasteiger charge is 2.41. The highest BCUT2D eigenvalue weighted by Crippen LogP contribution is 2.31. The maximum absolute atomic E-state index is 11.3. The second kappa shape index (κ2) is 4.61. The number of rotatable bonds is 3. The van der Waals surface area contributed by atoms with Crippen molar-refractivity contribution >= 4 is 5.91 Å². The molecule has 4 nitrogen and oxygen atoms in total. The van der Waals surface area contributed by atoms with E-state index in [1.807, 2.05) is 25.1 Å². The minimum absolute atomic E-state index is 0.0235. The third-order valence-corrected chi connectivity index (χ3v) is 3.78. The normalized spacial score (nSPS) is 27.2. The Bertz CT molecular complexity index is 473. The SMILES string of the molecule is Cc1ccc(OC2CCC(N)(C(N)=O)C2)cc1C. The maximum atomic E-state index is 11.3. The molecule has 0 bridgehead atoms. The number of carbonyl (C=O) groups excluding carboxylic acids is 1. The molecule has 2 rings (SSSR count). The van der Waals surface area contributed by atoms with Crippen LogP contribution in [0.4, 0.5) is 0 Å². The summed E-state index contributed by atoms with van der Waals surface area (Å²) in [7, 11) is 0. The minimum atomic E-state index is -0.898. The summed E-state index contributed by atoms with van der Waals surface area (Å²) >= 11 is 0. The third-order valence-electron chi connectivity index (χ3n) is 3.78. The van der Waals surface area contributed by atoms with Gasteiger partial charge in [0.05, 0.1) is 5.54 Å². The molecule has 98 valence electrons. The molecule has 0 aromatic heterocycles. The molecule has 0 spiro atoms. The molecule has 0 heterocycles. The molecule has 2 atom stereocenters. The number of nitrogens with two attached hydrogens (primary N) is 2. The maximum Gasteiger partial charge on any atom is 0.237 e. The van der Waals surface area contributed by atoms with Crippen LogP contribution in [-0.2, 0) is 4.79 Å². The van der Waals surface area contributed by atoms with Crippen molar-refractivity contribution in [3.05, 3.63) is 29.3 Å². The van der Waals surface area contributed by atoms with E-state index in [9.17, 15) is 4.79 Å². The van der Waals surface area contributed by atoms with Gasteiger partial charge >= 0.3 is 0 Å². The van der Waals surface area contributed by atoms with Gasteiger partial charge in [-0.05, 0) is 49.9 Å². The van der Waals surface area contributed by atoms with Crippen molar-refractivity contribution in [3.8, 4) is 5.75 Å². The fourth-order valence-electron chi connectivity index (χ4n) is 2.33. The molecule has 1 saturated carbocycles. The van der Waals surface area contributed by atoms with Crippen LogP contribution in [0.1, 0.15) is 30.4 Å². The number of hydrogen-bond donors (Lipinski definition) is 2. The van der Waals surface area contributed by atoms with Gasteiger partial charge < -0.3 is 16.2 Å². The molecule has 4 N–H and O–H groups in total. The fraction of sp³-hybridized carbons (Fsp3) is 0.500. The van der Waals surface area contributed by atoms with Crippen LogP contribution in [0, 0.1) is 13.8 Å². The summed E-state index contributed by atoms with van der Waals surface area (Å²) in [6.45, 7) is 4.11. The first-order valence-corrected chi connectivity index (χ1v) is 6.23. The van der Waals surface area contributed by atoms with Crippen LogP contribution in [0.5, 0.6) is 5.75 Å². The van der Waals surface area contributed by atoms with Crippen molar-refractivity contribution in [1.29, 1.82) is 0 Å². The van der Waals surface area contributed by atoms with Crippen molar-refractivity contribution in [2.75, 3.05) is 0 Å². The number of benzene rings is 1. The molecule has 0 aliphatic heterocycles. The van der Waals surface area contributed by atoms with Crippen LogP contribution in [0.2, 0.25) is 0 Å². The molecular formula is C14H20N2O2. The monoisotopic (exact) mass is 248 g/mol. The fourth-order valence-corrected chi connectivity index (χ4v) is 2.33. The van der Waals surface area contributed by atoms with Crippen molar-refractivity contribution in [2.24, 2.45) is 11.5 Å². The molecule has 4 heteroatoms. The number of aryl methyl sites for hydroxylation is 2. The van der Waals surface area contributed by atoms with Gasteiger partial charge in [-0.25, -0.2) is 0 Å². The molecule has 1 aromatic rings. The average molecular weight is 248 g/mol. The van der Waals surface area contributed by atoms with Crippen LogP contribution in [0.25, 0.3) is 0 Å². The van der Waals surface area contributed by atoms with Crippen molar-refractivity contribution in [2.45, 2.75) is 44.8 Å². The van der Waals surface area contributed by atoms with Gasteiger partial charge in [0, 0.05) is 6.42 Å². The second-order valence-corrected chi connectivity index (χ2v) is 5.25. The van der Waals surface area contributed by atoms with E-state index in [0.717, 1.165) is 12.2 Å². The van der Waals surface area contributed by atoms with E-state index in [4.69, 9.17) is 16.2 Å². The first-order chi connectivity index (χ1) is 8.40. The van der Waals surface area contributed by atoms with Gasteiger partial charge in [0.2, 0.25) is 5.91 Å². The lowest BCUT2D eigenvalue weighted by molar-refractivity contribution is -0.123. The van der Waals surface area contributed by atoms with Crippen molar-refractivity contribution in [1.82, 2.24) is 0 Å². The van der Waals surface area contributed by atoms with Gasteiger partial charge in [-0.2, -0.15) is 0 Å². The molecule has 1 aliphatic carbocycles. The molecular weight excluding hydrogens is 228 g/mol.